The Labute approximate surface area is 120 Å². The molecule has 1 saturated carbocycles. The van der Waals surface area contributed by atoms with Crippen molar-refractivity contribution in [3.8, 4) is 5.75 Å². The SMILES string of the molecule is CCC1CCC(NC(=O)c2cc(N)cc(OC)c2)C1C. The Morgan fingerprint density at radius 2 is 2.15 bits per heavy atom. The number of anilines is 1. The first-order valence-electron chi connectivity index (χ1n) is 7.30. The largest absolute Gasteiger partial charge is 0.497 e. The Morgan fingerprint density at radius 3 is 2.75 bits per heavy atom. The quantitative estimate of drug-likeness (QED) is 0.831. The van der Waals surface area contributed by atoms with Crippen molar-refractivity contribution in [2.75, 3.05) is 12.8 Å². The van der Waals surface area contributed by atoms with Crippen LogP contribution in [-0.2, 0) is 0 Å². The molecule has 4 heteroatoms. The number of ether oxygens (including phenoxy) is 1. The zero-order valence-corrected chi connectivity index (χ0v) is 12.5. The summed E-state index contributed by atoms with van der Waals surface area (Å²) in [6, 6.07) is 5.39. The second-order valence-corrected chi connectivity index (χ2v) is 5.68. The van der Waals surface area contributed by atoms with Crippen molar-refractivity contribution in [3.05, 3.63) is 23.8 Å². The van der Waals surface area contributed by atoms with Crippen LogP contribution in [0.15, 0.2) is 18.2 Å². The zero-order valence-electron chi connectivity index (χ0n) is 12.5. The van der Waals surface area contributed by atoms with Gasteiger partial charge in [-0.05, 0) is 36.8 Å². The van der Waals surface area contributed by atoms with Crippen molar-refractivity contribution in [1.82, 2.24) is 5.32 Å². The van der Waals surface area contributed by atoms with Gasteiger partial charge in [-0.25, -0.2) is 0 Å². The fourth-order valence-corrected chi connectivity index (χ4v) is 3.15. The van der Waals surface area contributed by atoms with E-state index in [1.54, 1.807) is 25.3 Å². The normalized spacial score (nSPS) is 25.4. The fourth-order valence-electron chi connectivity index (χ4n) is 3.15. The average molecular weight is 276 g/mol. The Hall–Kier alpha value is -1.71. The van der Waals surface area contributed by atoms with E-state index in [9.17, 15) is 4.79 Å². The second kappa shape index (κ2) is 6.16. The number of methoxy groups -OCH3 is 1. The van der Waals surface area contributed by atoms with Gasteiger partial charge in [0.05, 0.1) is 7.11 Å². The molecule has 0 saturated heterocycles. The highest BCUT2D eigenvalue weighted by molar-refractivity contribution is 5.95. The molecule has 0 spiro atoms. The van der Waals surface area contributed by atoms with E-state index in [4.69, 9.17) is 10.5 Å². The molecule has 1 fully saturated rings. The molecule has 3 unspecified atom stereocenters. The van der Waals surface area contributed by atoms with Gasteiger partial charge in [-0.3, -0.25) is 4.79 Å². The van der Waals surface area contributed by atoms with E-state index in [0.29, 0.717) is 22.9 Å². The third-order valence-corrected chi connectivity index (χ3v) is 4.49. The van der Waals surface area contributed by atoms with E-state index in [1.165, 1.54) is 12.8 Å². The Bertz CT molecular complexity index is 487. The van der Waals surface area contributed by atoms with Crippen LogP contribution in [0.2, 0.25) is 0 Å². The summed E-state index contributed by atoms with van der Waals surface area (Å²) in [6.07, 6.45) is 3.44. The van der Waals surface area contributed by atoms with Crippen molar-refractivity contribution in [3.63, 3.8) is 0 Å². The molecule has 0 radical (unpaired) electrons. The number of nitrogen functional groups attached to an aromatic ring is 1. The number of amides is 1. The summed E-state index contributed by atoms with van der Waals surface area (Å²) in [4.78, 5) is 12.3. The molecule has 0 bridgehead atoms. The first-order chi connectivity index (χ1) is 9.55. The van der Waals surface area contributed by atoms with Crippen LogP contribution in [0, 0.1) is 11.8 Å². The number of carbonyl (C=O) groups is 1. The Balaban J connectivity index is 2.07. The van der Waals surface area contributed by atoms with Gasteiger partial charge in [0.1, 0.15) is 5.75 Å². The predicted molar refractivity (Wildman–Crippen MR) is 80.8 cm³/mol. The summed E-state index contributed by atoms with van der Waals surface area (Å²) in [5.74, 6) is 1.80. The maximum atomic E-state index is 12.3. The van der Waals surface area contributed by atoms with Crippen molar-refractivity contribution >= 4 is 11.6 Å². The zero-order chi connectivity index (χ0) is 14.7. The lowest BCUT2D eigenvalue weighted by Gasteiger charge is -2.21. The molecular formula is C16H24N2O2. The first-order valence-corrected chi connectivity index (χ1v) is 7.30. The van der Waals surface area contributed by atoms with Gasteiger partial charge < -0.3 is 15.8 Å². The predicted octanol–water partition coefficient (Wildman–Crippen LogP) is 2.83. The Kier molecular flexibility index (Phi) is 4.53. The lowest BCUT2D eigenvalue weighted by atomic mass is 9.93. The number of benzene rings is 1. The van der Waals surface area contributed by atoms with Crippen LogP contribution in [0.4, 0.5) is 5.69 Å². The van der Waals surface area contributed by atoms with Gasteiger partial charge in [0.15, 0.2) is 0 Å². The van der Waals surface area contributed by atoms with Gasteiger partial charge in [-0.15, -0.1) is 0 Å². The number of hydrogen-bond acceptors (Lipinski definition) is 3. The minimum Gasteiger partial charge on any atom is -0.497 e. The second-order valence-electron chi connectivity index (χ2n) is 5.68. The third-order valence-electron chi connectivity index (χ3n) is 4.49. The van der Waals surface area contributed by atoms with Crippen molar-refractivity contribution in [1.29, 1.82) is 0 Å². The summed E-state index contributed by atoms with van der Waals surface area (Å²) in [7, 11) is 1.57. The van der Waals surface area contributed by atoms with E-state index in [-0.39, 0.29) is 11.9 Å². The van der Waals surface area contributed by atoms with Crippen LogP contribution in [0.1, 0.15) is 43.5 Å². The number of carbonyl (C=O) groups excluding carboxylic acids is 1. The van der Waals surface area contributed by atoms with E-state index in [2.05, 4.69) is 19.2 Å². The van der Waals surface area contributed by atoms with E-state index >= 15 is 0 Å². The molecule has 1 aliphatic rings. The molecule has 110 valence electrons. The molecule has 0 aromatic heterocycles. The highest BCUT2D eigenvalue weighted by Gasteiger charge is 2.32. The molecule has 0 heterocycles. The number of nitrogens with two attached hydrogens (primary N) is 1. The van der Waals surface area contributed by atoms with Gasteiger partial charge in [-0.2, -0.15) is 0 Å². The molecule has 2 rings (SSSR count). The smallest absolute Gasteiger partial charge is 0.251 e. The molecule has 1 aromatic carbocycles. The summed E-state index contributed by atoms with van der Waals surface area (Å²) >= 11 is 0. The molecule has 1 aromatic rings. The summed E-state index contributed by atoms with van der Waals surface area (Å²) in [5.41, 5.74) is 6.90. The van der Waals surface area contributed by atoms with Gasteiger partial charge in [0, 0.05) is 23.4 Å². The lowest BCUT2D eigenvalue weighted by Crippen LogP contribution is -2.37. The van der Waals surface area contributed by atoms with Crippen LogP contribution in [0.5, 0.6) is 5.75 Å². The third kappa shape index (κ3) is 3.06. The molecule has 1 amide bonds. The molecule has 1 aliphatic carbocycles. The molecular weight excluding hydrogens is 252 g/mol. The highest BCUT2D eigenvalue weighted by atomic mass is 16.5. The van der Waals surface area contributed by atoms with Gasteiger partial charge in [0.2, 0.25) is 0 Å². The maximum absolute atomic E-state index is 12.3. The standard InChI is InChI=1S/C16H24N2O2/c1-4-11-5-6-15(10(11)2)18-16(19)12-7-13(17)9-14(8-12)20-3/h7-11,15H,4-6,17H2,1-3H3,(H,18,19). The maximum Gasteiger partial charge on any atom is 0.251 e. The van der Waals surface area contributed by atoms with Crippen LogP contribution in [0.3, 0.4) is 0 Å². The van der Waals surface area contributed by atoms with Gasteiger partial charge in [0.25, 0.3) is 5.91 Å². The summed E-state index contributed by atoms with van der Waals surface area (Å²) in [5, 5.41) is 3.14. The van der Waals surface area contributed by atoms with Crippen LogP contribution < -0.4 is 15.8 Å². The molecule has 20 heavy (non-hydrogen) atoms. The number of nitrogens with one attached hydrogen (secondary N) is 1. The van der Waals surface area contributed by atoms with Crippen molar-refractivity contribution in [2.45, 2.75) is 39.2 Å². The average Bonchev–Trinajstić information content (AvgIpc) is 2.78. The van der Waals surface area contributed by atoms with Crippen molar-refractivity contribution in [2.24, 2.45) is 11.8 Å². The van der Waals surface area contributed by atoms with Crippen molar-refractivity contribution < 1.29 is 9.53 Å². The lowest BCUT2D eigenvalue weighted by molar-refractivity contribution is 0.0926. The summed E-state index contributed by atoms with van der Waals surface area (Å²) < 4.78 is 5.15. The molecule has 3 N–H and O–H groups in total. The highest BCUT2D eigenvalue weighted by Crippen LogP contribution is 2.34. The first kappa shape index (κ1) is 14.7. The van der Waals surface area contributed by atoms with Gasteiger partial charge in [-0.1, -0.05) is 20.3 Å². The van der Waals surface area contributed by atoms with E-state index < -0.39 is 0 Å². The number of rotatable bonds is 4. The summed E-state index contributed by atoms with van der Waals surface area (Å²) in [6.45, 7) is 4.44. The topological polar surface area (TPSA) is 64.4 Å². The fraction of sp³-hybridized carbons (Fsp3) is 0.562. The van der Waals surface area contributed by atoms with Crippen LogP contribution in [-0.4, -0.2) is 19.1 Å². The van der Waals surface area contributed by atoms with E-state index in [0.717, 1.165) is 12.3 Å². The minimum absolute atomic E-state index is 0.0656. The Morgan fingerprint density at radius 1 is 1.40 bits per heavy atom. The van der Waals surface area contributed by atoms with Gasteiger partial charge >= 0.3 is 0 Å². The van der Waals surface area contributed by atoms with E-state index in [1.807, 2.05) is 0 Å². The molecule has 0 aliphatic heterocycles. The minimum atomic E-state index is -0.0656. The molecule has 3 atom stereocenters. The monoisotopic (exact) mass is 276 g/mol. The number of hydrogen-bond donors (Lipinski definition) is 2. The molecule has 4 nitrogen and oxygen atoms in total. The van der Waals surface area contributed by atoms with Crippen LogP contribution >= 0.6 is 0 Å². The van der Waals surface area contributed by atoms with Crippen LogP contribution in [0.25, 0.3) is 0 Å².